The molecule has 0 radical (unpaired) electrons. The highest BCUT2D eigenvalue weighted by atomic mass is 35.5. The molecule has 5 heteroatoms. The van der Waals surface area contributed by atoms with E-state index in [2.05, 4.69) is 18.9 Å². The Kier molecular flexibility index (Phi) is 4.89. The monoisotopic (exact) mass is 237 g/mol. The maximum absolute atomic E-state index is 6.11. The van der Waals surface area contributed by atoms with E-state index < -0.39 is 0 Å². The van der Waals surface area contributed by atoms with E-state index in [1.165, 1.54) is 0 Å². The first-order valence-corrected chi connectivity index (χ1v) is 5.15. The summed E-state index contributed by atoms with van der Waals surface area (Å²) in [6, 6.07) is 0. The first kappa shape index (κ1) is 13.7. The van der Waals surface area contributed by atoms with E-state index in [1.807, 2.05) is 6.92 Å². The van der Waals surface area contributed by atoms with Crippen molar-refractivity contribution in [1.82, 2.24) is 0 Å². The van der Waals surface area contributed by atoms with Gasteiger partial charge in [0.1, 0.15) is 12.0 Å². The van der Waals surface area contributed by atoms with Crippen molar-refractivity contribution in [3.8, 4) is 0 Å². The Balaban J connectivity index is 0.00000169. The molecule has 2 N–H and O–H groups in total. The molecule has 0 aromatic rings. The van der Waals surface area contributed by atoms with Crippen LogP contribution in [0, 0.1) is 5.41 Å². The van der Waals surface area contributed by atoms with Gasteiger partial charge in [0.05, 0.1) is 0 Å². The average Bonchev–Trinajstić information content (AvgIpc) is 2.39. The molecule has 0 unspecified atom stereocenters. The number of nitrogens with two attached hydrogens (primary N) is 1. The molecular weight excluding hydrogens is 221 g/mol. The SMILES string of the molecule is CC[N+]1=C(N)C(CC)(CC)C(Cl)=N1.[Cl-]. The molecule has 0 saturated carbocycles. The number of halogens is 2. The van der Waals surface area contributed by atoms with Gasteiger partial charge in [0, 0.05) is 0 Å². The number of rotatable bonds is 3. The largest absolute Gasteiger partial charge is 1.00 e. The summed E-state index contributed by atoms with van der Waals surface area (Å²) >= 11 is 6.11. The van der Waals surface area contributed by atoms with Gasteiger partial charge in [0.25, 0.3) is 5.84 Å². The zero-order chi connectivity index (χ0) is 10.1. The van der Waals surface area contributed by atoms with Gasteiger partial charge in [0.2, 0.25) is 0 Å². The van der Waals surface area contributed by atoms with Crippen molar-refractivity contribution in [3.05, 3.63) is 0 Å². The standard InChI is InChI=1S/C9H16ClN3.ClH/c1-4-9(5-2)7(10)12-13(6-3)8(9)11;/h11H,4-6H2,1-3H3;1H. The number of hydrogen-bond donors (Lipinski definition) is 1. The van der Waals surface area contributed by atoms with Gasteiger partial charge in [-0.1, -0.05) is 30.5 Å². The van der Waals surface area contributed by atoms with E-state index in [9.17, 15) is 0 Å². The highest BCUT2D eigenvalue weighted by Crippen LogP contribution is 2.33. The highest BCUT2D eigenvalue weighted by molar-refractivity contribution is 6.68. The molecule has 1 aliphatic rings. The van der Waals surface area contributed by atoms with Gasteiger partial charge in [0.15, 0.2) is 5.17 Å². The van der Waals surface area contributed by atoms with Crippen LogP contribution in [0.4, 0.5) is 0 Å². The molecule has 0 aromatic carbocycles. The molecule has 0 bridgehead atoms. The summed E-state index contributed by atoms with van der Waals surface area (Å²) in [4.78, 5) is 0. The lowest BCUT2D eigenvalue weighted by molar-refractivity contribution is -0.528. The Morgan fingerprint density at radius 3 is 2.07 bits per heavy atom. The van der Waals surface area contributed by atoms with Crippen LogP contribution in [0.25, 0.3) is 0 Å². The summed E-state index contributed by atoms with van der Waals surface area (Å²) < 4.78 is 1.79. The van der Waals surface area contributed by atoms with Crippen molar-refractivity contribution >= 4 is 22.6 Å². The van der Waals surface area contributed by atoms with Crippen molar-refractivity contribution in [3.63, 3.8) is 0 Å². The summed E-state index contributed by atoms with van der Waals surface area (Å²) in [5.74, 6) is 0.796. The molecule has 0 fully saturated rings. The normalized spacial score (nSPS) is 19.3. The average molecular weight is 238 g/mol. The first-order chi connectivity index (χ1) is 6.12. The summed E-state index contributed by atoms with van der Waals surface area (Å²) in [6.07, 6.45) is 1.82. The van der Waals surface area contributed by atoms with Crippen LogP contribution in [-0.2, 0) is 0 Å². The summed E-state index contributed by atoms with van der Waals surface area (Å²) in [5.41, 5.74) is 5.83. The number of hydrogen-bond acceptors (Lipinski definition) is 2. The fourth-order valence-corrected chi connectivity index (χ4v) is 2.21. The lowest BCUT2D eigenvalue weighted by Crippen LogP contribution is -3.00. The molecule has 1 heterocycles. The van der Waals surface area contributed by atoms with Crippen LogP contribution in [0.3, 0.4) is 0 Å². The molecule has 0 atom stereocenters. The molecule has 14 heavy (non-hydrogen) atoms. The fraction of sp³-hybridized carbons (Fsp3) is 0.778. The Morgan fingerprint density at radius 1 is 1.36 bits per heavy atom. The van der Waals surface area contributed by atoms with E-state index in [-0.39, 0.29) is 17.8 Å². The maximum Gasteiger partial charge on any atom is 0.281 e. The smallest absolute Gasteiger partial charge is 0.281 e. The number of amidine groups is 1. The maximum atomic E-state index is 6.11. The third kappa shape index (κ3) is 1.75. The van der Waals surface area contributed by atoms with Crippen LogP contribution < -0.4 is 18.1 Å². The molecule has 0 aliphatic carbocycles. The van der Waals surface area contributed by atoms with Crippen LogP contribution >= 0.6 is 11.6 Å². The Hall–Kier alpha value is -0.280. The van der Waals surface area contributed by atoms with Crippen molar-refractivity contribution in [2.75, 3.05) is 6.54 Å². The van der Waals surface area contributed by atoms with Crippen molar-refractivity contribution in [2.45, 2.75) is 33.6 Å². The summed E-state index contributed by atoms with van der Waals surface area (Å²) in [7, 11) is 0. The van der Waals surface area contributed by atoms with Crippen LogP contribution in [0.2, 0.25) is 0 Å². The predicted octanol–water partition coefficient (Wildman–Crippen LogP) is -1.25. The zero-order valence-corrected chi connectivity index (χ0v) is 10.4. The van der Waals surface area contributed by atoms with E-state index in [4.69, 9.17) is 17.3 Å². The second-order valence-electron chi connectivity index (χ2n) is 3.28. The van der Waals surface area contributed by atoms with Gasteiger partial charge < -0.3 is 12.4 Å². The van der Waals surface area contributed by atoms with Crippen LogP contribution in [-0.4, -0.2) is 22.2 Å². The minimum absolute atomic E-state index is 0. The second-order valence-corrected chi connectivity index (χ2v) is 3.64. The fourth-order valence-electron chi connectivity index (χ4n) is 1.75. The van der Waals surface area contributed by atoms with E-state index >= 15 is 0 Å². The zero-order valence-electron chi connectivity index (χ0n) is 8.85. The minimum atomic E-state index is -0.197. The molecule has 1 rings (SSSR count). The van der Waals surface area contributed by atoms with Crippen LogP contribution in [0.1, 0.15) is 33.6 Å². The molecule has 82 valence electrons. The van der Waals surface area contributed by atoms with E-state index in [1.54, 1.807) is 4.68 Å². The molecule has 0 amide bonds. The Morgan fingerprint density at radius 2 is 1.86 bits per heavy atom. The third-order valence-corrected chi connectivity index (χ3v) is 3.32. The predicted molar refractivity (Wildman–Crippen MR) is 56.3 cm³/mol. The van der Waals surface area contributed by atoms with E-state index in [0.717, 1.165) is 25.2 Å². The van der Waals surface area contributed by atoms with Crippen molar-refractivity contribution in [2.24, 2.45) is 16.3 Å². The van der Waals surface area contributed by atoms with Crippen LogP contribution in [0.15, 0.2) is 5.10 Å². The Labute approximate surface area is 96.4 Å². The van der Waals surface area contributed by atoms with Crippen LogP contribution in [0.5, 0.6) is 0 Å². The van der Waals surface area contributed by atoms with Gasteiger partial charge in [-0.3, -0.25) is 5.73 Å². The second kappa shape index (κ2) is 4.99. The van der Waals surface area contributed by atoms with Gasteiger partial charge in [-0.2, -0.15) is 0 Å². The quantitative estimate of drug-likeness (QED) is 0.613. The molecule has 1 aliphatic heterocycles. The van der Waals surface area contributed by atoms with E-state index in [0.29, 0.717) is 5.17 Å². The molecular formula is C9H17Cl2N3. The first-order valence-electron chi connectivity index (χ1n) is 4.77. The van der Waals surface area contributed by atoms with Crippen molar-refractivity contribution in [1.29, 1.82) is 0 Å². The topological polar surface area (TPSA) is 41.4 Å². The van der Waals surface area contributed by atoms with Gasteiger partial charge >= 0.3 is 0 Å². The third-order valence-electron chi connectivity index (χ3n) is 2.88. The Bertz CT molecular complexity index is 267. The summed E-state index contributed by atoms with van der Waals surface area (Å²) in [5, 5.41) is 4.87. The number of hydrazone groups is 1. The van der Waals surface area contributed by atoms with Crippen molar-refractivity contribution < 1.29 is 17.1 Å². The van der Waals surface area contributed by atoms with Gasteiger partial charge in [-0.15, -0.1) is 4.68 Å². The molecule has 3 nitrogen and oxygen atoms in total. The lowest BCUT2D eigenvalue weighted by Gasteiger charge is -2.20. The number of nitrogens with zero attached hydrogens (tertiary/aromatic N) is 2. The molecule has 0 saturated heterocycles. The van der Waals surface area contributed by atoms with Gasteiger partial charge in [-0.05, 0) is 19.8 Å². The minimum Gasteiger partial charge on any atom is -1.00 e. The summed E-state index contributed by atoms with van der Waals surface area (Å²) in [6.45, 7) is 6.98. The molecule has 0 aromatic heterocycles. The lowest BCUT2D eigenvalue weighted by atomic mass is 9.82. The van der Waals surface area contributed by atoms with Gasteiger partial charge in [-0.25, -0.2) is 0 Å². The highest BCUT2D eigenvalue weighted by Gasteiger charge is 2.46. The molecule has 0 spiro atoms.